The molecule has 10 N–H and O–H groups in total. The SMILES string of the molecule is O=C1CC/N=c2/ccc3c(c2)Oc2cc(ccc2C=3c2ccccc2C(=O)O)NCCC(=O)NC(CS(=O)(=O)O)C(=O)NC(CS(=O)(=O)O)C(=O)NC(CS(=O)(=O)O)C(=O)NCCN1. The Morgan fingerprint density at radius 1 is 0.625 bits per heavy atom. The summed E-state index contributed by atoms with van der Waals surface area (Å²) in [6, 6.07) is 9.22. The molecule has 0 aromatic heterocycles. The van der Waals surface area contributed by atoms with E-state index in [0.717, 1.165) is 0 Å². The van der Waals surface area contributed by atoms with Crippen LogP contribution in [0.15, 0.2) is 65.7 Å². The average Bonchev–Trinajstić information content (AvgIpc) is 3.18. The van der Waals surface area contributed by atoms with Crippen molar-refractivity contribution in [2.75, 3.05) is 48.8 Å². The van der Waals surface area contributed by atoms with Crippen LogP contribution in [0.4, 0.5) is 5.69 Å². The van der Waals surface area contributed by atoms with E-state index in [1.807, 2.05) is 10.6 Å². The van der Waals surface area contributed by atoms with Gasteiger partial charge in [-0.2, -0.15) is 25.3 Å². The van der Waals surface area contributed by atoms with Crippen molar-refractivity contribution >= 4 is 77.1 Å². The largest absolute Gasteiger partial charge is 0.478 e. The minimum atomic E-state index is -5.19. The zero-order chi connectivity index (χ0) is 47.0. The number of benzene rings is 3. The van der Waals surface area contributed by atoms with E-state index in [2.05, 4.69) is 20.9 Å². The van der Waals surface area contributed by atoms with Gasteiger partial charge in [-0.3, -0.25) is 42.6 Å². The smallest absolute Gasteiger partial charge is 0.336 e. The second-order valence-electron chi connectivity index (χ2n) is 14.2. The molecule has 0 aliphatic carbocycles. The lowest BCUT2D eigenvalue weighted by Gasteiger charge is -2.24. The lowest BCUT2D eigenvalue weighted by Crippen LogP contribution is -2.60. The molecule has 5 amide bonds. The number of carboxylic acids is 1. The fraction of sp³-hybridized carbons (Fsp3) is 0.324. The van der Waals surface area contributed by atoms with Gasteiger partial charge in [0.25, 0.3) is 30.4 Å². The molecule has 344 valence electrons. The van der Waals surface area contributed by atoms with Gasteiger partial charge < -0.3 is 41.7 Å². The zero-order valence-corrected chi connectivity index (χ0v) is 35.6. The van der Waals surface area contributed by atoms with Crippen LogP contribution >= 0.6 is 0 Å². The first kappa shape index (κ1) is 48.5. The summed E-state index contributed by atoms with van der Waals surface area (Å²) in [5, 5.41) is 24.3. The van der Waals surface area contributed by atoms with Crippen molar-refractivity contribution < 1.29 is 77.5 Å². The number of carbonyl (C=O) groups is 6. The third-order valence-corrected chi connectivity index (χ3v) is 11.5. The molecule has 2 heterocycles. The Balaban J connectivity index is 1.50. The number of amides is 5. The number of aromatic carboxylic acids is 1. The van der Waals surface area contributed by atoms with Crippen LogP contribution in [0.1, 0.15) is 34.3 Å². The summed E-state index contributed by atoms with van der Waals surface area (Å²) in [5.74, 6) is -11.4. The summed E-state index contributed by atoms with van der Waals surface area (Å²) in [6.45, 7) is -0.860. The normalized spacial score (nSPS) is 20.4. The highest BCUT2D eigenvalue weighted by atomic mass is 32.2. The highest BCUT2D eigenvalue weighted by molar-refractivity contribution is 7.86. The highest BCUT2D eigenvalue weighted by Crippen LogP contribution is 2.38. The van der Waals surface area contributed by atoms with E-state index in [4.69, 9.17) is 4.74 Å². The van der Waals surface area contributed by atoms with Gasteiger partial charge in [-0.25, -0.2) is 4.79 Å². The Labute approximate surface area is 364 Å². The zero-order valence-electron chi connectivity index (χ0n) is 33.1. The van der Waals surface area contributed by atoms with Gasteiger partial charge in [-0.1, -0.05) is 18.2 Å². The van der Waals surface area contributed by atoms with Gasteiger partial charge in [0.2, 0.25) is 29.5 Å². The molecule has 64 heavy (non-hydrogen) atoms. The molecule has 5 rings (SSSR count). The molecule has 2 aliphatic rings. The summed E-state index contributed by atoms with van der Waals surface area (Å²) < 4.78 is 106. The monoisotopic (exact) mass is 951 g/mol. The van der Waals surface area contributed by atoms with E-state index in [9.17, 15) is 72.8 Å². The minimum Gasteiger partial charge on any atom is -0.478 e. The second-order valence-corrected chi connectivity index (χ2v) is 18.6. The quantitative estimate of drug-likeness (QED) is 0.0783. The van der Waals surface area contributed by atoms with Crippen LogP contribution in [0.5, 0.6) is 11.5 Å². The maximum Gasteiger partial charge on any atom is 0.336 e. The molecule has 0 radical (unpaired) electrons. The second kappa shape index (κ2) is 20.3. The number of anilines is 1. The Morgan fingerprint density at radius 3 is 1.84 bits per heavy atom. The number of nitrogens with zero attached hydrogens (tertiary/aromatic N) is 1. The molecule has 3 atom stereocenters. The Morgan fingerprint density at radius 2 is 1.22 bits per heavy atom. The molecule has 0 saturated carbocycles. The maximum atomic E-state index is 13.3. The van der Waals surface area contributed by atoms with Crippen molar-refractivity contribution in [3.8, 4) is 11.5 Å². The summed E-state index contributed by atoms with van der Waals surface area (Å²) in [6.07, 6.45) is -0.637. The standard InChI is InChI=1S/C37H41N7O17S3/c45-31-9-11-38-20-5-7-24-29(15-20)61-30-16-21(6-8-25(30)33(24)22-3-1-2-4-23(22)37(50)51)39-12-10-32(46)42-27(18-63(55,56)57)35(48)44-28(19-64(58,59)60)36(49)43-26(17-62(52,53)54)34(47)41-14-13-40-31/h1-8,15-16,26-28,39H,9-14,17-19H2,(H,40,45)(H,41,47)(H,42,46)(H,43,49)(H,44,48)(H,50,51)(H,52,53,54)(H,55,56,57)(H,58,59,60)/b38-20-. The van der Waals surface area contributed by atoms with Crippen molar-refractivity contribution in [1.29, 1.82) is 0 Å². The van der Waals surface area contributed by atoms with Crippen LogP contribution in [0, 0.1) is 0 Å². The van der Waals surface area contributed by atoms with Gasteiger partial charge in [-0.15, -0.1) is 0 Å². The van der Waals surface area contributed by atoms with Gasteiger partial charge in [0, 0.05) is 73.2 Å². The Hall–Kier alpha value is -6.52. The number of rotatable bonds is 8. The van der Waals surface area contributed by atoms with Gasteiger partial charge in [0.05, 0.1) is 10.9 Å². The Bertz CT molecular complexity index is 2840. The van der Waals surface area contributed by atoms with Gasteiger partial charge in [-0.05, 0) is 35.9 Å². The highest BCUT2D eigenvalue weighted by Gasteiger charge is 2.35. The fourth-order valence-electron chi connectivity index (χ4n) is 6.46. The molecule has 3 aromatic rings. The Kier molecular flexibility index (Phi) is 15.4. The molecule has 3 aromatic carbocycles. The summed E-state index contributed by atoms with van der Waals surface area (Å²) in [5.41, 5.74) is 1.73. The van der Waals surface area contributed by atoms with Crippen LogP contribution in [0.25, 0.3) is 5.57 Å². The van der Waals surface area contributed by atoms with Crippen molar-refractivity contribution in [3.63, 3.8) is 0 Å². The molecular formula is C37H41N7O17S3. The molecule has 0 saturated heterocycles. The molecule has 0 fully saturated rings. The molecular weight excluding hydrogens is 911 g/mol. The summed E-state index contributed by atoms with van der Waals surface area (Å²) >= 11 is 0. The minimum absolute atomic E-state index is 0.00264. The topological polar surface area (TPSA) is 380 Å². The first-order valence-corrected chi connectivity index (χ1v) is 23.7. The number of ether oxygens (including phenoxy) is 1. The third kappa shape index (κ3) is 14.0. The molecule has 0 spiro atoms. The number of hydrogen-bond acceptors (Lipinski definition) is 15. The molecule has 4 bridgehead atoms. The van der Waals surface area contributed by atoms with E-state index in [-0.39, 0.29) is 49.7 Å². The lowest BCUT2D eigenvalue weighted by molar-refractivity contribution is -0.132. The summed E-state index contributed by atoms with van der Waals surface area (Å²) in [7, 11) is -15.3. The number of carbonyl (C=O) groups excluding carboxylic acids is 5. The van der Waals surface area contributed by atoms with Crippen molar-refractivity contribution in [2.45, 2.75) is 31.0 Å². The number of fused-ring (bicyclic) bond motifs is 2. The van der Waals surface area contributed by atoms with Gasteiger partial charge in [0.1, 0.15) is 46.9 Å². The van der Waals surface area contributed by atoms with Crippen LogP contribution in [0.3, 0.4) is 0 Å². The maximum absolute atomic E-state index is 13.3. The van der Waals surface area contributed by atoms with Crippen LogP contribution in [0.2, 0.25) is 0 Å². The number of carboxylic acid groups (broad SMARTS) is 1. The lowest BCUT2D eigenvalue weighted by atomic mass is 9.89. The van der Waals surface area contributed by atoms with E-state index in [1.165, 1.54) is 6.07 Å². The fourth-order valence-corrected chi connectivity index (χ4v) is 8.43. The number of nitrogens with one attached hydrogen (secondary N) is 6. The van der Waals surface area contributed by atoms with Crippen LogP contribution in [-0.2, 0) is 54.3 Å². The summed E-state index contributed by atoms with van der Waals surface area (Å²) in [4.78, 5) is 82.0. The van der Waals surface area contributed by atoms with E-state index < -0.39 is 108 Å². The molecule has 24 nitrogen and oxygen atoms in total. The average molecular weight is 952 g/mol. The van der Waals surface area contributed by atoms with Crippen molar-refractivity contribution in [3.05, 3.63) is 87.9 Å². The van der Waals surface area contributed by atoms with Gasteiger partial charge >= 0.3 is 5.97 Å². The molecule has 2 aliphatic heterocycles. The molecule has 3 unspecified atom stereocenters. The number of hydrogen-bond donors (Lipinski definition) is 10. The van der Waals surface area contributed by atoms with E-state index in [1.54, 1.807) is 59.9 Å². The van der Waals surface area contributed by atoms with Crippen molar-refractivity contribution in [2.24, 2.45) is 4.99 Å². The van der Waals surface area contributed by atoms with Crippen molar-refractivity contribution in [1.82, 2.24) is 26.6 Å². The van der Waals surface area contributed by atoms with Gasteiger partial charge in [0.15, 0.2) is 0 Å². The predicted octanol–water partition coefficient (Wildman–Crippen LogP) is -3.09. The van der Waals surface area contributed by atoms with E-state index in [0.29, 0.717) is 33.0 Å². The first-order valence-electron chi connectivity index (χ1n) is 18.8. The third-order valence-electron chi connectivity index (χ3n) is 9.24. The van der Waals surface area contributed by atoms with Crippen LogP contribution < -0.4 is 47.2 Å². The predicted molar refractivity (Wildman–Crippen MR) is 222 cm³/mol. The molecule has 27 heteroatoms. The van der Waals surface area contributed by atoms with E-state index >= 15 is 0 Å². The van der Waals surface area contributed by atoms with Crippen LogP contribution in [-0.4, -0.2) is 141 Å². The first-order chi connectivity index (χ1) is 30.0.